The highest BCUT2D eigenvalue weighted by Gasteiger charge is 2.43. The van der Waals surface area contributed by atoms with Crippen molar-refractivity contribution >= 4 is 7.37 Å². The van der Waals surface area contributed by atoms with Gasteiger partial charge in [-0.1, -0.05) is 31.4 Å². The highest BCUT2D eigenvalue weighted by molar-refractivity contribution is 7.58. The molecule has 0 heterocycles. The monoisotopic (exact) mass is 339 g/mol. The molecule has 0 aliphatic heterocycles. The topological polar surface area (TPSA) is 72.5 Å². The molecule has 0 aromatic heterocycles. The summed E-state index contributed by atoms with van der Waals surface area (Å²) in [6.45, 7) is 2.79. The predicted molar refractivity (Wildman–Crippen MR) is 95.5 cm³/mol. The van der Waals surface area contributed by atoms with Crippen molar-refractivity contribution in [1.29, 1.82) is 0 Å². The first kappa shape index (κ1) is 18.5. The van der Waals surface area contributed by atoms with E-state index < -0.39 is 7.37 Å². The molecule has 0 saturated heterocycles. The smallest absolute Gasteiger partial charge is 0.203 e. The van der Waals surface area contributed by atoms with Gasteiger partial charge in [-0.05, 0) is 56.3 Å². The average Bonchev–Trinajstić information content (AvgIpc) is 2.53. The normalized spacial score (nSPS) is 20.0. The third-order valence-electron chi connectivity index (χ3n) is 5.08. The number of rotatable bonds is 8. The molecule has 1 unspecified atom stereocenters. The molecule has 130 valence electrons. The van der Waals surface area contributed by atoms with Gasteiger partial charge in [-0.3, -0.25) is 4.57 Å². The Morgan fingerprint density at radius 1 is 1.22 bits per heavy atom. The molecule has 0 spiro atoms. The minimum atomic E-state index is -3.07. The van der Waals surface area contributed by atoms with Crippen LogP contribution in [0.25, 0.3) is 0 Å². The molecule has 1 atom stereocenters. The summed E-state index contributed by atoms with van der Waals surface area (Å²) in [5.74, 6) is 0.854. The number of hydrogen-bond acceptors (Lipinski definition) is 3. The molecular weight excluding hydrogens is 309 g/mol. The van der Waals surface area contributed by atoms with Crippen molar-refractivity contribution in [2.75, 3.05) is 19.8 Å². The molecule has 0 radical (unpaired) electrons. The first-order valence-electron chi connectivity index (χ1n) is 8.69. The molecule has 5 heteroatoms. The summed E-state index contributed by atoms with van der Waals surface area (Å²) in [5.41, 5.74) is 6.76. The van der Waals surface area contributed by atoms with Crippen LogP contribution in [0.4, 0.5) is 0 Å². The van der Waals surface area contributed by atoms with Crippen LogP contribution in [0, 0.1) is 0 Å². The number of benzene rings is 1. The fourth-order valence-electron chi connectivity index (χ4n) is 3.59. The van der Waals surface area contributed by atoms with Gasteiger partial charge < -0.3 is 15.4 Å². The van der Waals surface area contributed by atoms with Gasteiger partial charge in [0.05, 0.1) is 6.61 Å². The third kappa shape index (κ3) is 5.07. The predicted octanol–water partition coefficient (Wildman–Crippen LogP) is 3.95. The molecule has 1 aromatic rings. The Labute approximate surface area is 139 Å². The van der Waals surface area contributed by atoms with Gasteiger partial charge in [0.15, 0.2) is 0 Å². The lowest BCUT2D eigenvalue weighted by Crippen LogP contribution is -2.32. The van der Waals surface area contributed by atoms with Gasteiger partial charge in [-0.25, -0.2) is 0 Å². The zero-order chi connectivity index (χ0) is 16.8. The van der Waals surface area contributed by atoms with E-state index in [1.54, 1.807) is 0 Å². The zero-order valence-electron chi connectivity index (χ0n) is 14.2. The molecule has 0 amide bonds. The van der Waals surface area contributed by atoms with Crippen LogP contribution in [0.15, 0.2) is 24.3 Å². The highest BCUT2D eigenvalue weighted by Crippen LogP contribution is 2.60. The van der Waals surface area contributed by atoms with Crippen molar-refractivity contribution in [1.82, 2.24) is 0 Å². The Morgan fingerprint density at radius 3 is 2.43 bits per heavy atom. The summed E-state index contributed by atoms with van der Waals surface area (Å²) in [5, 5.41) is -0.375. The zero-order valence-corrected chi connectivity index (χ0v) is 15.1. The summed E-state index contributed by atoms with van der Waals surface area (Å²) >= 11 is 0. The molecule has 1 aromatic carbocycles. The van der Waals surface area contributed by atoms with Crippen LogP contribution in [0.2, 0.25) is 0 Å². The maximum Gasteiger partial charge on any atom is 0.203 e. The van der Waals surface area contributed by atoms with Gasteiger partial charge in [0.1, 0.15) is 5.75 Å². The van der Waals surface area contributed by atoms with Crippen LogP contribution >= 0.6 is 7.37 Å². The van der Waals surface area contributed by atoms with Gasteiger partial charge in [0, 0.05) is 11.8 Å². The van der Waals surface area contributed by atoms with E-state index in [0.717, 1.165) is 50.7 Å². The molecule has 4 nitrogen and oxygen atoms in total. The fourth-order valence-corrected chi connectivity index (χ4v) is 5.31. The second-order valence-corrected chi connectivity index (χ2v) is 9.51. The van der Waals surface area contributed by atoms with Crippen LogP contribution in [-0.2, 0) is 11.0 Å². The van der Waals surface area contributed by atoms with E-state index in [4.69, 9.17) is 10.5 Å². The molecule has 1 aliphatic carbocycles. The van der Waals surface area contributed by atoms with Crippen LogP contribution < -0.4 is 10.5 Å². The Balaban J connectivity index is 1.82. The number of nitrogens with two attached hydrogens (primary N) is 1. The van der Waals surface area contributed by atoms with Gasteiger partial charge in [-0.2, -0.15) is 0 Å². The molecule has 1 saturated carbocycles. The first-order chi connectivity index (χ1) is 11.0. The van der Waals surface area contributed by atoms with Crippen molar-refractivity contribution < 1.29 is 14.2 Å². The van der Waals surface area contributed by atoms with Gasteiger partial charge in [0.25, 0.3) is 0 Å². The summed E-state index contributed by atoms with van der Waals surface area (Å²) in [6.07, 6.45) is 7.57. The summed E-state index contributed by atoms with van der Waals surface area (Å²) in [4.78, 5) is 10.2. The van der Waals surface area contributed by atoms with E-state index in [2.05, 4.69) is 0 Å². The van der Waals surface area contributed by atoms with Crippen LogP contribution in [0.1, 0.15) is 50.5 Å². The Bertz CT molecular complexity index is 518. The minimum Gasteiger partial charge on any atom is -0.494 e. The lowest BCUT2D eigenvalue weighted by molar-refractivity contribution is 0.268. The third-order valence-corrected chi connectivity index (χ3v) is 7.51. The van der Waals surface area contributed by atoms with Crippen molar-refractivity contribution in [2.45, 2.75) is 56.5 Å². The minimum absolute atomic E-state index is 0.375. The summed E-state index contributed by atoms with van der Waals surface area (Å²) in [7, 11) is -3.07. The van der Waals surface area contributed by atoms with Crippen molar-refractivity contribution in [3.05, 3.63) is 29.8 Å². The quantitative estimate of drug-likeness (QED) is 0.556. The van der Waals surface area contributed by atoms with Gasteiger partial charge >= 0.3 is 0 Å². The van der Waals surface area contributed by atoms with Crippen molar-refractivity contribution in [3.63, 3.8) is 0 Å². The van der Waals surface area contributed by atoms with E-state index in [1.165, 1.54) is 18.6 Å². The van der Waals surface area contributed by atoms with Crippen LogP contribution in [0.5, 0.6) is 5.75 Å². The summed E-state index contributed by atoms with van der Waals surface area (Å²) < 4.78 is 18.1. The maximum atomic E-state index is 12.4. The second kappa shape index (κ2) is 8.32. The molecule has 23 heavy (non-hydrogen) atoms. The van der Waals surface area contributed by atoms with Crippen LogP contribution in [-0.4, -0.2) is 29.9 Å². The van der Waals surface area contributed by atoms with E-state index in [1.807, 2.05) is 24.3 Å². The molecular formula is C18H30NO3P. The largest absolute Gasteiger partial charge is 0.494 e. The standard InChI is InChI=1S/C18H30NO3P/c1-23(20,21)18(11-3-2-4-12-18)13-5-15-22-17-8-6-16(7-9-17)10-14-19/h6-9H,2-5,10-15,19H2,1H3,(H,20,21). The van der Waals surface area contributed by atoms with E-state index in [9.17, 15) is 9.46 Å². The van der Waals surface area contributed by atoms with Gasteiger partial charge in [-0.15, -0.1) is 0 Å². The van der Waals surface area contributed by atoms with E-state index in [0.29, 0.717) is 13.2 Å². The van der Waals surface area contributed by atoms with E-state index in [-0.39, 0.29) is 5.16 Å². The average molecular weight is 339 g/mol. The Morgan fingerprint density at radius 2 is 1.87 bits per heavy atom. The molecule has 0 bridgehead atoms. The van der Waals surface area contributed by atoms with Crippen molar-refractivity contribution in [2.24, 2.45) is 5.73 Å². The van der Waals surface area contributed by atoms with Crippen LogP contribution in [0.3, 0.4) is 0 Å². The van der Waals surface area contributed by atoms with Gasteiger partial charge in [0.2, 0.25) is 7.37 Å². The molecule has 1 fully saturated rings. The van der Waals surface area contributed by atoms with E-state index >= 15 is 0 Å². The maximum absolute atomic E-state index is 12.4. The second-order valence-electron chi connectivity index (χ2n) is 6.80. The number of ether oxygens (including phenoxy) is 1. The summed E-state index contributed by atoms with van der Waals surface area (Å²) in [6, 6.07) is 8.02. The molecule has 3 N–H and O–H groups in total. The highest BCUT2D eigenvalue weighted by atomic mass is 31.2. The van der Waals surface area contributed by atoms with Crippen molar-refractivity contribution in [3.8, 4) is 5.75 Å². The number of hydrogen-bond donors (Lipinski definition) is 2. The Hall–Kier alpha value is -0.830. The lowest BCUT2D eigenvalue weighted by Gasteiger charge is -2.39. The lowest BCUT2D eigenvalue weighted by atomic mass is 9.85. The molecule has 1 aliphatic rings. The Kier molecular flexibility index (Phi) is 6.70. The fraction of sp³-hybridized carbons (Fsp3) is 0.667. The first-order valence-corrected chi connectivity index (χ1v) is 10.8. The molecule has 2 rings (SSSR count). The SMILES string of the molecule is CP(=O)(O)C1(CCCOc2ccc(CCN)cc2)CCCCC1.